The van der Waals surface area contributed by atoms with Crippen LogP contribution >= 0.6 is 34.2 Å². The van der Waals surface area contributed by atoms with Crippen molar-refractivity contribution in [2.45, 2.75) is 26.8 Å². The van der Waals surface area contributed by atoms with Gasteiger partial charge in [0.25, 0.3) is 0 Å². The Hall–Kier alpha value is -1.89. The molecule has 0 aliphatic rings. The number of nitrogen functional groups attached to an aromatic ring is 1. The van der Waals surface area contributed by atoms with Gasteiger partial charge in [-0.1, -0.05) is 23.4 Å². The van der Waals surface area contributed by atoms with E-state index in [0.717, 1.165) is 16.8 Å². The number of pyridine rings is 1. The molecule has 3 aromatic rings. The molecule has 0 aromatic carbocycles. The highest BCUT2D eigenvalue weighted by atomic mass is 127. The number of rotatable bonds is 3. The maximum Gasteiger partial charge on any atom is 0.223 e. The van der Waals surface area contributed by atoms with Gasteiger partial charge in [0, 0.05) is 22.4 Å². The zero-order valence-corrected chi connectivity index (χ0v) is 17.3. The lowest BCUT2D eigenvalue weighted by molar-refractivity contribution is 0.305. The summed E-state index contributed by atoms with van der Waals surface area (Å²) >= 11 is 8.63. The summed E-state index contributed by atoms with van der Waals surface area (Å²) in [4.78, 5) is 13.0. The van der Waals surface area contributed by atoms with Crippen LogP contribution in [0.15, 0.2) is 12.4 Å². The fraction of sp³-hybridized carbons (Fsp3) is 0.278. The van der Waals surface area contributed by atoms with E-state index >= 15 is 0 Å². The van der Waals surface area contributed by atoms with Gasteiger partial charge in [-0.15, -0.1) is 0 Å². The van der Waals surface area contributed by atoms with Crippen LogP contribution in [0, 0.1) is 29.3 Å². The van der Waals surface area contributed by atoms with Crippen molar-refractivity contribution in [3.8, 4) is 11.8 Å². The summed E-state index contributed by atoms with van der Waals surface area (Å²) in [6.45, 7) is 4.63. The van der Waals surface area contributed by atoms with Crippen LogP contribution in [0.4, 0.5) is 5.95 Å². The Kier molecular flexibility index (Phi) is 5.65. The fourth-order valence-corrected chi connectivity index (χ4v) is 3.38. The van der Waals surface area contributed by atoms with Gasteiger partial charge in [0.15, 0.2) is 0 Å². The molecule has 3 rings (SSSR count). The molecule has 3 heterocycles. The largest absolute Gasteiger partial charge is 0.395 e. The van der Waals surface area contributed by atoms with Crippen LogP contribution in [0.3, 0.4) is 0 Å². The maximum absolute atomic E-state index is 8.94. The first-order valence-electron chi connectivity index (χ1n) is 7.94. The minimum absolute atomic E-state index is 0.00768. The number of aliphatic hydroxyl groups is 1. The summed E-state index contributed by atoms with van der Waals surface area (Å²) in [6, 6.07) is 0. The molecule has 0 amide bonds. The van der Waals surface area contributed by atoms with Crippen molar-refractivity contribution in [3.05, 3.63) is 43.5 Å². The van der Waals surface area contributed by atoms with E-state index in [0.29, 0.717) is 29.6 Å². The van der Waals surface area contributed by atoms with Gasteiger partial charge >= 0.3 is 0 Å². The molecule has 3 aromatic heterocycles. The SMILES string of the molecule is Cc1cnc(Cn2cc(C#CCCO)c3c(Cl)nc(N)nc32)c(C)c1I. The molecule has 26 heavy (non-hydrogen) atoms. The highest BCUT2D eigenvalue weighted by Crippen LogP contribution is 2.28. The molecule has 6 nitrogen and oxygen atoms in total. The number of hydrogen-bond donors (Lipinski definition) is 2. The molecule has 0 aliphatic carbocycles. The Morgan fingerprint density at radius 3 is 2.85 bits per heavy atom. The quantitative estimate of drug-likeness (QED) is 0.341. The summed E-state index contributed by atoms with van der Waals surface area (Å²) in [5.41, 5.74) is 10.3. The van der Waals surface area contributed by atoms with Gasteiger partial charge < -0.3 is 15.4 Å². The zero-order valence-electron chi connectivity index (χ0n) is 14.3. The second kappa shape index (κ2) is 7.78. The molecule has 8 heteroatoms. The van der Waals surface area contributed by atoms with E-state index in [1.165, 1.54) is 3.57 Å². The van der Waals surface area contributed by atoms with E-state index in [-0.39, 0.29) is 17.7 Å². The van der Waals surface area contributed by atoms with Crippen LogP contribution in [0.25, 0.3) is 11.0 Å². The Labute approximate surface area is 170 Å². The Balaban J connectivity index is 2.15. The summed E-state index contributed by atoms with van der Waals surface area (Å²) in [6.07, 6.45) is 4.13. The Bertz CT molecular complexity index is 1050. The lowest BCUT2D eigenvalue weighted by atomic mass is 10.1. The number of aromatic nitrogens is 4. The maximum atomic E-state index is 8.94. The third-order valence-electron chi connectivity index (χ3n) is 3.99. The molecule has 0 fully saturated rings. The van der Waals surface area contributed by atoms with E-state index in [1.54, 1.807) is 0 Å². The number of nitrogens with two attached hydrogens (primary N) is 1. The van der Waals surface area contributed by atoms with Gasteiger partial charge in [0.05, 0.1) is 29.8 Å². The first kappa shape index (κ1) is 18.9. The third kappa shape index (κ3) is 3.63. The molecular weight excluding hydrogens is 465 g/mol. The highest BCUT2D eigenvalue weighted by Gasteiger charge is 2.16. The van der Waals surface area contributed by atoms with Crippen molar-refractivity contribution in [2.24, 2.45) is 0 Å². The van der Waals surface area contributed by atoms with Gasteiger partial charge in [0.1, 0.15) is 10.8 Å². The Morgan fingerprint density at radius 1 is 1.35 bits per heavy atom. The van der Waals surface area contributed by atoms with E-state index in [1.807, 2.05) is 23.9 Å². The second-order valence-corrected chi connectivity index (χ2v) is 7.28. The molecule has 0 bridgehead atoms. The predicted octanol–water partition coefficient (Wildman–Crippen LogP) is 3.07. The van der Waals surface area contributed by atoms with Crippen LogP contribution in [-0.2, 0) is 6.54 Å². The second-order valence-electron chi connectivity index (χ2n) is 5.84. The molecule has 3 N–H and O–H groups in total. The standard InChI is InChI=1S/C18H17ClIN5O/c1-10-7-22-13(11(2)15(10)20)9-25-8-12(5-3-4-6-26)14-16(19)23-18(21)24-17(14)25/h7-8,26H,4,6,9H2,1-2H3,(H2,21,23,24). The number of halogens is 2. The summed E-state index contributed by atoms with van der Waals surface area (Å²) < 4.78 is 3.13. The van der Waals surface area contributed by atoms with E-state index < -0.39 is 0 Å². The molecule has 0 spiro atoms. The van der Waals surface area contributed by atoms with E-state index in [2.05, 4.69) is 56.3 Å². The molecule has 0 radical (unpaired) electrons. The van der Waals surface area contributed by atoms with Crippen LogP contribution in [0.1, 0.15) is 28.8 Å². The van der Waals surface area contributed by atoms with Crippen molar-refractivity contribution in [3.63, 3.8) is 0 Å². The smallest absolute Gasteiger partial charge is 0.223 e. The van der Waals surface area contributed by atoms with E-state index in [9.17, 15) is 0 Å². The number of hydrogen-bond acceptors (Lipinski definition) is 5. The van der Waals surface area contributed by atoms with Crippen molar-refractivity contribution >= 4 is 51.2 Å². The lowest BCUT2D eigenvalue weighted by Crippen LogP contribution is -2.06. The zero-order chi connectivity index (χ0) is 18.8. The van der Waals surface area contributed by atoms with Crippen LogP contribution in [0.5, 0.6) is 0 Å². The molecule has 0 aliphatic heterocycles. The fourth-order valence-electron chi connectivity index (χ4n) is 2.66. The number of aryl methyl sites for hydroxylation is 1. The monoisotopic (exact) mass is 481 g/mol. The first-order valence-corrected chi connectivity index (χ1v) is 9.40. The van der Waals surface area contributed by atoms with Gasteiger partial charge in [-0.25, -0.2) is 4.98 Å². The van der Waals surface area contributed by atoms with Crippen molar-refractivity contribution < 1.29 is 5.11 Å². The number of fused-ring (bicyclic) bond motifs is 1. The topological polar surface area (TPSA) is 89.8 Å². The molecular formula is C18H17ClIN5O. The van der Waals surface area contributed by atoms with E-state index in [4.69, 9.17) is 22.4 Å². The summed E-state index contributed by atoms with van der Waals surface area (Å²) in [5, 5.41) is 9.87. The van der Waals surface area contributed by atoms with Crippen molar-refractivity contribution in [1.29, 1.82) is 0 Å². The minimum atomic E-state index is 0.00768. The van der Waals surface area contributed by atoms with Crippen LogP contribution in [0.2, 0.25) is 5.15 Å². The average molecular weight is 482 g/mol. The van der Waals surface area contributed by atoms with Crippen LogP contribution < -0.4 is 5.73 Å². The van der Waals surface area contributed by atoms with Gasteiger partial charge in [-0.05, 0) is 47.6 Å². The van der Waals surface area contributed by atoms with Crippen molar-refractivity contribution in [2.75, 3.05) is 12.3 Å². The van der Waals surface area contributed by atoms with Gasteiger partial charge in [-0.3, -0.25) is 4.98 Å². The highest BCUT2D eigenvalue weighted by molar-refractivity contribution is 14.1. The third-order valence-corrected chi connectivity index (χ3v) is 5.93. The summed E-state index contributed by atoms with van der Waals surface area (Å²) in [5.74, 6) is 6.06. The van der Waals surface area contributed by atoms with Crippen molar-refractivity contribution in [1.82, 2.24) is 19.5 Å². The number of aliphatic hydroxyl groups excluding tert-OH is 1. The van der Waals surface area contributed by atoms with Gasteiger partial charge in [0.2, 0.25) is 5.95 Å². The normalized spacial score (nSPS) is 10.8. The predicted molar refractivity (Wildman–Crippen MR) is 111 cm³/mol. The molecule has 0 atom stereocenters. The molecule has 0 unspecified atom stereocenters. The summed E-state index contributed by atoms with van der Waals surface area (Å²) in [7, 11) is 0. The Morgan fingerprint density at radius 2 is 2.12 bits per heavy atom. The first-order chi connectivity index (χ1) is 12.4. The van der Waals surface area contributed by atoms with Crippen LogP contribution in [-0.4, -0.2) is 31.2 Å². The molecule has 134 valence electrons. The van der Waals surface area contributed by atoms with Gasteiger partial charge in [-0.2, -0.15) is 4.98 Å². The minimum Gasteiger partial charge on any atom is -0.395 e. The number of nitrogens with zero attached hydrogens (tertiary/aromatic N) is 4. The molecule has 0 saturated heterocycles. The average Bonchev–Trinajstić information content (AvgIpc) is 2.93. The molecule has 0 saturated carbocycles. The number of anilines is 1. The lowest BCUT2D eigenvalue weighted by Gasteiger charge is -2.10.